The van der Waals surface area contributed by atoms with Crippen molar-refractivity contribution in [2.75, 3.05) is 7.11 Å². The molecule has 1 saturated carbocycles. The number of ether oxygens (including phenoxy) is 2. The molecule has 0 radical (unpaired) electrons. The van der Waals surface area contributed by atoms with E-state index in [4.69, 9.17) is 9.47 Å². The number of aromatic nitrogens is 1. The first-order valence-corrected chi connectivity index (χ1v) is 11.7. The molecular weight excluding hydrogens is 456 g/mol. The molecule has 1 aliphatic carbocycles. The number of nitrogens with zero attached hydrogens (tertiary/aromatic N) is 1. The molecule has 2 heterocycles. The van der Waals surface area contributed by atoms with E-state index in [9.17, 15) is 9.90 Å². The molecule has 1 aliphatic heterocycles. The number of carbonyl (C=O) groups excluding carboxylic acids is 1. The van der Waals surface area contributed by atoms with Crippen LogP contribution in [0, 0.1) is 17.7 Å². The zero-order valence-corrected chi connectivity index (χ0v) is 22.3. The predicted molar refractivity (Wildman–Crippen MR) is 124 cm³/mol. The number of rotatable bonds is 7. The average molecular weight is 484 g/mol. The van der Waals surface area contributed by atoms with Gasteiger partial charge in [-0.3, -0.25) is 0 Å². The van der Waals surface area contributed by atoms with Crippen LogP contribution in [0.5, 0.6) is 11.6 Å². The van der Waals surface area contributed by atoms with Crippen molar-refractivity contribution in [1.82, 2.24) is 4.98 Å². The quantitative estimate of drug-likeness (QED) is 0.480. The van der Waals surface area contributed by atoms with Gasteiger partial charge >= 0.3 is 29.6 Å². The molecule has 2 aromatic carbocycles. The summed E-state index contributed by atoms with van der Waals surface area (Å²) < 4.78 is 26.6. The van der Waals surface area contributed by atoms with Crippen molar-refractivity contribution in [1.29, 1.82) is 0 Å². The fourth-order valence-corrected chi connectivity index (χ4v) is 5.05. The molecule has 3 aromatic rings. The van der Waals surface area contributed by atoms with Crippen LogP contribution in [-0.2, 0) is 11.2 Å². The number of halogens is 1. The molecule has 35 heavy (non-hydrogen) atoms. The van der Waals surface area contributed by atoms with Crippen LogP contribution in [0.2, 0.25) is 0 Å². The molecule has 0 N–H and O–H groups in total. The molecular formula is C28H27FNNaO4. The zero-order valence-electron chi connectivity index (χ0n) is 20.3. The number of aryl methyl sites for hydroxylation is 1. The predicted octanol–water partition coefficient (Wildman–Crippen LogP) is 1.85. The van der Waals surface area contributed by atoms with E-state index in [1.165, 1.54) is 6.07 Å². The van der Waals surface area contributed by atoms with Gasteiger partial charge in [0.1, 0.15) is 17.7 Å². The minimum Gasteiger partial charge on any atom is -0.550 e. The number of hydrogen-bond acceptors (Lipinski definition) is 5. The Hall–Kier alpha value is -2.41. The molecule has 3 atom stereocenters. The Kier molecular flexibility index (Phi) is 7.84. The summed E-state index contributed by atoms with van der Waals surface area (Å²) in [6.07, 6.45) is 4.74. The first-order chi connectivity index (χ1) is 16.4. The first-order valence-electron chi connectivity index (χ1n) is 11.7. The summed E-state index contributed by atoms with van der Waals surface area (Å²) in [5, 5.41) is 11.6. The molecule has 0 amide bonds. The van der Waals surface area contributed by atoms with Gasteiger partial charge in [0, 0.05) is 29.7 Å². The number of aliphatic carboxylic acids is 1. The Labute approximate surface area is 227 Å². The fraction of sp³-hybridized carbons (Fsp3) is 0.357. The van der Waals surface area contributed by atoms with Gasteiger partial charge in [-0.15, -0.1) is 0 Å². The topological polar surface area (TPSA) is 71.5 Å². The van der Waals surface area contributed by atoms with Crippen molar-refractivity contribution >= 4 is 5.97 Å². The molecule has 0 saturated heterocycles. The largest absolute Gasteiger partial charge is 1.00 e. The summed E-state index contributed by atoms with van der Waals surface area (Å²) in [6, 6.07) is 14.8. The van der Waals surface area contributed by atoms with Gasteiger partial charge in [0.05, 0.1) is 7.11 Å². The standard InChI is InChI=1S/C28H28FNO4.Na/c1-16(28(31)32)27(18-4-5-18)21-6-3-17-8-10-24(34-25(17)14-21)22-9-7-19(13-23(22)29)20-11-12-30-26(15-20)33-2;/h3,6-7,9,11-16,18,24,27H,4-5,8,10H2,1-2H3,(H,31,32);/q;+1/p-1/t16-,24?,27-;/m0./s1. The molecule has 0 bridgehead atoms. The summed E-state index contributed by atoms with van der Waals surface area (Å²) in [6.45, 7) is 1.72. The summed E-state index contributed by atoms with van der Waals surface area (Å²) in [4.78, 5) is 15.7. The zero-order chi connectivity index (χ0) is 23.8. The second kappa shape index (κ2) is 10.7. The van der Waals surface area contributed by atoms with E-state index in [2.05, 4.69) is 4.98 Å². The van der Waals surface area contributed by atoms with E-state index in [1.807, 2.05) is 30.3 Å². The second-order valence-corrected chi connectivity index (χ2v) is 9.31. The van der Waals surface area contributed by atoms with Crippen LogP contribution < -0.4 is 44.1 Å². The van der Waals surface area contributed by atoms with E-state index in [0.717, 1.165) is 41.5 Å². The number of pyridine rings is 1. The molecule has 7 heteroatoms. The van der Waals surface area contributed by atoms with E-state index in [0.29, 0.717) is 29.5 Å². The smallest absolute Gasteiger partial charge is 0.550 e. The van der Waals surface area contributed by atoms with Crippen LogP contribution in [-0.4, -0.2) is 18.1 Å². The fourth-order valence-electron chi connectivity index (χ4n) is 5.05. The van der Waals surface area contributed by atoms with E-state index >= 15 is 4.39 Å². The maximum absolute atomic E-state index is 15.2. The Morgan fingerprint density at radius 3 is 2.57 bits per heavy atom. The van der Waals surface area contributed by atoms with Gasteiger partial charge in [-0.05, 0) is 78.0 Å². The van der Waals surface area contributed by atoms with Crippen molar-refractivity contribution in [2.24, 2.45) is 11.8 Å². The third-order valence-electron chi connectivity index (χ3n) is 7.09. The Balaban J connectivity index is 0.00000289. The van der Waals surface area contributed by atoms with Crippen molar-refractivity contribution < 1.29 is 53.3 Å². The minimum absolute atomic E-state index is 0. The number of carboxylic acid groups (broad SMARTS) is 1. The van der Waals surface area contributed by atoms with Crippen LogP contribution in [0.3, 0.4) is 0 Å². The number of carboxylic acids is 1. The molecule has 2 aliphatic rings. The van der Waals surface area contributed by atoms with Gasteiger partial charge in [-0.25, -0.2) is 9.37 Å². The summed E-state index contributed by atoms with van der Waals surface area (Å²) in [5.41, 5.74) is 4.11. The van der Waals surface area contributed by atoms with Crippen molar-refractivity contribution in [3.63, 3.8) is 0 Å². The van der Waals surface area contributed by atoms with Gasteiger partial charge in [0.15, 0.2) is 0 Å². The van der Waals surface area contributed by atoms with Crippen LogP contribution in [0.1, 0.15) is 54.9 Å². The number of benzene rings is 2. The molecule has 5 nitrogen and oxygen atoms in total. The molecule has 1 unspecified atom stereocenters. The van der Waals surface area contributed by atoms with Crippen molar-refractivity contribution in [2.45, 2.75) is 44.6 Å². The van der Waals surface area contributed by atoms with Crippen LogP contribution in [0.25, 0.3) is 11.1 Å². The van der Waals surface area contributed by atoms with Gasteiger partial charge in [0.25, 0.3) is 0 Å². The number of fused-ring (bicyclic) bond motifs is 1. The Morgan fingerprint density at radius 1 is 1.11 bits per heavy atom. The number of hydrogen-bond donors (Lipinski definition) is 0. The molecule has 1 fully saturated rings. The van der Waals surface area contributed by atoms with E-state index in [-0.39, 0.29) is 41.3 Å². The molecule has 5 rings (SSSR count). The van der Waals surface area contributed by atoms with Crippen molar-refractivity contribution in [3.8, 4) is 22.8 Å². The number of carbonyl (C=O) groups is 1. The second-order valence-electron chi connectivity index (χ2n) is 9.31. The average Bonchev–Trinajstić information content (AvgIpc) is 3.68. The number of methoxy groups -OCH3 is 1. The SMILES string of the molecule is COc1cc(-c2ccc(C3CCc4ccc([C@H](C5CC5)[C@H](C)C(=O)[O-])cc4O3)c(F)c2)ccn1.[Na+]. The first kappa shape index (κ1) is 25.7. The van der Waals surface area contributed by atoms with E-state index < -0.39 is 18.0 Å². The minimum atomic E-state index is -1.03. The summed E-state index contributed by atoms with van der Waals surface area (Å²) in [7, 11) is 1.55. The molecule has 176 valence electrons. The Bertz CT molecular complexity index is 1230. The molecule has 0 spiro atoms. The van der Waals surface area contributed by atoms with Crippen LogP contribution >= 0.6 is 0 Å². The summed E-state index contributed by atoms with van der Waals surface area (Å²) in [5.74, 6) is -0.451. The van der Waals surface area contributed by atoms with Gasteiger partial charge in [-0.1, -0.05) is 31.2 Å². The monoisotopic (exact) mass is 483 g/mol. The summed E-state index contributed by atoms with van der Waals surface area (Å²) >= 11 is 0. The maximum Gasteiger partial charge on any atom is 1.00 e. The molecule has 1 aromatic heterocycles. The third-order valence-corrected chi connectivity index (χ3v) is 7.09. The van der Waals surface area contributed by atoms with Gasteiger partial charge < -0.3 is 19.4 Å². The van der Waals surface area contributed by atoms with Crippen LogP contribution in [0.4, 0.5) is 4.39 Å². The Morgan fingerprint density at radius 2 is 1.89 bits per heavy atom. The van der Waals surface area contributed by atoms with E-state index in [1.54, 1.807) is 32.4 Å². The normalized spacial score (nSPS) is 18.4. The van der Waals surface area contributed by atoms with Crippen molar-refractivity contribution in [3.05, 3.63) is 77.2 Å². The van der Waals surface area contributed by atoms with Crippen LogP contribution in [0.15, 0.2) is 54.7 Å². The van der Waals surface area contributed by atoms with Gasteiger partial charge in [0.2, 0.25) is 5.88 Å². The maximum atomic E-state index is 15.2. The third kappa shape index (κ3) is 5.40. The van der Waals surface area contributed by atoms with Gasteiger partial charge in [-0.2, -0.15) is 0 Å².